The first-order valence-electron chi connectivity index (χ1n) is 10.9. The lowest BCUT2D eigenvalue weighted by Crippen LogP contribution is -2.49. The molecule has 1 aliphatic rings. The first-order chi connectivity index (χ1) is 15.4. The molecule has 1 aliphatic heterocycles. The Morgan fingerprint density at radius 2 is 1.78 bits per heavy atom. The number of aromatic nitrogens is 3. The lowest BCUT2D eigenvalue weighted by molar-refractivity contribution is 0.0741. The van der Waals surface area contributed by atoms with E-state index >= 15 is 0 Å². The van der Waals surface area contributed by atoms with Gasteiger partial charge in [0.2, 0.25) is 0 Å². The summed E-state index contributed by atoms with van der Waals surface area (Å²) in [6.07, 6.45) is 0. The standard InChI is InChI=1S/C24H29N5O2S/c1-16(2)23-25-18(4)13-21(27-23)28-9-11-29(12-10-28)24(30)20-15-32-22(26-20)14-31-19-7-5-17(3)6-8-19/h5-8,13,15-16H,9-12,14H2,1-4H3. The normalized spacial score (nSPS) is 14.2. The molecule has 0 N–H and O–H groups in total. The number of amides is 1. The number of anilines is 1. The van der Waals surface area contributed by atoms with E-state index < -0.39 is 0 Å². The highest BCUT2D eigenvalue weighted by atomic mass is 32.1. The highest BCUT2D eigenvalue weighted by Crippen LogP contribution is 2.21. The van der Waals surface area contributed by atoms with Crippen LogP contribution in [0.3, 0.4) is 0 Å². The predicted octanol–water partition coefficient (Wildman–Crippen LogP) is 4.21. The zero-order chi connectivity index (χ0) is 22.7. The van der Waals surface area contributed by atoms with Crippen LogP contribution in [0.4, 0.5) is 5.82 Å². The number of carbonyl (C=O) groups is 1. The van der Waals surface area contributed by atoms with Crippen LogP contribution < -0.4 is 9.64 Å². The van der Waals surface area contributed by atoms with Gasteiger partial charge >= 0.3 is 0 Å². The Morgan fingerprint density at radius 1 is 1.06 bits per heavy atom. The van der Waals surface area contributed by atoms with Gasteiger partial charge in [0.25, 0.3) is 5.91 Å². The molecule has 0 atom stereocenters. The number of rotatable bonds is 6. The summed E-state index contributed by atoms with van der Waals surface area (Å²) in [5.41, 5.74) is 2.65. The molecule has 3 heterocycles. The molecule has 1 saturated heterocycles. The molecular weight excluding hydrogens is 422 g/mol. The zero-order valence-corrected chi connectivity index (χ0v) is 19.9. The molecule has 1 fully saturated rings. The van der Waals surface area contributed by atoms with Gasteiger partial charge in [0.15, 0.2) is 0 Å². The van der Waals surface area contributed by atoms with Crippen LogP contribution in [0.5, 0.6) is 5.75 Å². The van der Waals surface area contributed by atoms with Gasteiger partial charge in [-0.1, -0.05) is 31.5 Å². The van der Waals surface area contributed by atoms with E-state index in [-0.39, 0.29) is 11.8 Å². The van der Waals surface area contributed by atoms with Crippen molar-refractivity contribution in [3.8, 4) is 5.75 Å². The van der Waals surface area contributed by atoms with Crippen molar-refractivity contribution in [3.05, 3.63) is 63.5 Å². The van der Waals surface area contributed by atoms with Gasteiger partial charge in [-0.2, -0.15) is 0 Å². The van der Waals surface area contributed by atoms with Gasteiger partial charge < -0.3 is 14.5 Å². The van der Waals surface area contributed by atoms with Crippen molar-refractivity contribution in [2.75, 3.05) is 31.1 Å². The van der Waals surface area contributed by atoms with E-state index in [1.165, 1.54) is 16.9 Å². The summed E-state index contributed by atoms with van der Waals surface area (Å²) in [5.74, 6) is 2.86. The van der Waals surface area contributed by atoms with E-state index in [2.05, 4.69) is 28.7 Å². The molecule has 7 nitrogen and oxygen atoms in total. The van der Waals surface area contributed by atoms with E-state index in [0.717, 1.165) is 41.2 Å². The van der Waals surface area contributed by atoms with Crippen LogP contribution in [0.2, 0.25) is 0 Å². The van der Waals surface area contributed by atoms with Crippen molar-refractivity contribution in [3.63, 3.8) is 0 Å². The van der Waals surface area contributed by atoms with Gasteiger partial charge in [0.05, 0.1) is 0 Å². The fourth-order valence-electron chi connectivity index (χ4n) is 3.55. The molecule has 0 spiro atoms. The number of nitrogens with zero attached hydrogens (tertiary/aromatic N) is 5. The first kappa shape index (κ1) is 22.2. The van der Waals surface area contributed by atoms with Crippen LogP contribution in [0.1, 0.15) is 52.3 Å². The fraction of sp³-hybridized carbons (Fsp3) is 0.417. The van der Waals surface area contributed by atoms with Gasteiger partial charge in [-0.25, -0.2) is 15.0 Å². The van der Waals surface area contributed by atoms with Crippen LogP contribution in [0, 0.1) is 13.8 Å². The molecule has 0 saturated carbocycles. The van der Waals surface area contributed by atoms with Crippen LogP contribution in [0.15, 0.2) is 35.7 Å². The highest BCUT2D eigenvalue weighted by Gasteiger charge is 2.25. The van der Waals surface area contributed by atoms with E-state index in [1.54, 1.807) is 0 Å². The molecule has 3 aromatic rings. The second kappa shape index (κ2) is 9.65. The van der Waals surface area contributed by atoms with Crippen molar-refractivity contribution < 1.29 is 9.53 Å². The molecule has 1 aromatic carbocycles. The number of ether oxygens (including phenoxy) is 1. The number of carbonyl (C=O) groups excluding carboxylic acids is 1. The Bertz CT molecular complexity index is 1070. The molecule has 32 heavy (non-hydrogen) atoms. The molecule has 4 rings (SSSR count). The Labute approximate surface area is 193 Å². The van der Waals surface area contributed by atoms with E-state index in [4.69, 9.17) is 9.72 Å². The summed E-state index contributed by atoms with van der Waals surface area (Å²) in [4.78, 5) is 30.8. The molecule has 8 heteroatoms. The highest BCUT2D eigenvalue weighted by molar-refractivity contribution is 7.09. The third kappa shape index (κ3) is 5.24. The molecule has 0 aliphatic carbocycles. The average Bonchev–Trinajstić information content (AvgIpc) is 3.27. The Kier molecular flexibility index (Phi) is 6.69. The smallest absolute Gasteiger partial charge is 0.273 e. The number of benzene rings is 1. The topological polar surface area (TPSA) is 71.5 Å². The van der Waals surface area contributed by atoms with Gasteiger partial charge in [-0.3, -0.25) is 4.79 Å². The Hall–Kier alpha value is -3.00. The van der Waals surface area contributed by atoms with Gasteiger partial charge in [-0.05, 0) is 26.0 Å². The molecule has 0 unspecified atom stereocenters. The molecule has 168 valence electrons. The van der Waals surface area contributed by atoms with Crippen LogP contribution in [-0.2, 0) is 6.61 Å². The molecule has 1 amide bonds. The summed E-state index contributed by atoms with van der Waals surface area (Å²) >= 11 is 1.46. The minimum atomic E-state index is -0.0239. The number of piperazine rings is 1. The number of thiazole rings is 1. The third-order valence-electron chi connectivity index (χ3n) is 5.42. The summed E-state index contributed by atoms with van der Waals surface area (Å²) in [5, 5.41) is 2.62. The van der Waals surface area contributed by atoms with Crippen molar-refractivity contribution in [2.45, 2.75) is 40.2 Å². The van der Waals surface area contributed by atoms with Gasteiger partial charge in [-0.15, -0.1) is 11.3 Å². The van der Waals surface area contributed by atoms with Crippen molar-refractivity contribution in [1.29, 1.82) is 0 Å². The Morgan fingerprint density at radius 3 is 2.47 bits per heavy atom. The van der Waals surface area contributed by atoms with Crippen LogP contribution >= 0.6 is 11.3 Å². The molecule has 0 bridgehead atoms. The molecule has 0 radical (unpaired) electrons. The van der Waals surface area contributed by atoms with Crippen LogP contribution in [0.25, 0.3) is 0 Å². The van der Waals surface area contributed by atoms with Crippen molar-refractivity contribution >= 4 is 23.1 Å². The predicted molar refractivity (Wildman–Crippen MR) is 127 cm³/mol. The number of hydrogen-bond acceptors (Lipinski definition) is 7. The van der Waals surface area contributed by atoms with E-state index in [9.17, 15) is 4.79 Å². The van der Waals surface area contributed by atoms with Crippen molar-refractivity contribution in [2.24, 2.45) is 0 Å². The Balaban J connectivity index is 1.33. The van der Waals surface area contributed by atoms with Gasteiger partial charge in [0, 0.05) is 49.2 Å². The van der Waals surface area contributed by atoms with Crippen molar-refractivity contribution in [1.82, 2.24) is 19.9 Å². The maximum absolute atomic E-state index is 13.0. The second-order valence-electron chi connectivity index (χ2n) is 8.39. The summed E-state index contributed by atoms with van der Waals surface area (Å²) in [6, 6.07) is 9.93. The largest absolute Gasteiger partial charge is 0.486 e. The minimum absolute atomic E-state index is 0.0239. The summed E-state index contributed by atoms with van der Waals surface area (Å²) < 4.78 is 5.79. The second-order valence-corrected chi connectivity index (χ2v) is 9.33. The maximum Gasteiger partial charge on any atom is 0.273 e. The quantitative estimate of drug-likeness (QED) is 0.559. The first-order valence-corrected chi connectivity index (χ1v) is 11.8. The third-order valence-corrected chi connectivity index (χ3v) is 6.24. The van der Waals surface area contributed by atoms with E-state index in [1.807, 2.05) is 54.5 Å². The lowest BCUT2D eigenvalue weighted by Gasteiger charge is -2.35. The molecule has 2 aromatic heterocycles. The summed E-state index contributed by atoms with van der Waals surface area (Å²) in [6.45, 7) is 11.4. The SMILES string of the molecule is Cc1ccc(OCc2nc(C(=O)N3CCN(c4cc(C)nc(C(C)C)n4)CC3)cs2)cc1. The minimum Gasteiger partial charge on any atom is -0.486 e. The van der Waals surface area contributed by atoms with Crippen LogP contribution in [-0.4, -0.2) is 51.9 Å². The average molecular weight is 452 g/mol. The fourth-order valence-corrected chi connectivity index (χ4v) is 4.23. The summed E-state index contributed by atoms with van der Waals surface area (Å²) in [7, 11) is 0. The monoisotopic (exact) mass is 451 g/mol. The molecular formula is C24H29N5O2S. The van der Waals surface area contributed by atoms with Gasteiger partial charge in [0.1, 0.15) is 34.7 Å². The lowest BCUT2D eigenvalue weighted by atomic mass is 10.2. The van der Waals surface area contributed by atoms with E-state index in [0.29, 0.717) is 25.4 Å². The zero-order valence-electron chi connectivity index (χ0n) is 19.0. The number of aryl methyl sites for hydroxylation is 2. The maximum atomic E-state index is 13.0. The number of hydrogen-bond donors (Lipinski definition) is 0.